The maximum atomic E-state index is 9.78. The lowest BCUT2D eigenvalue weighted by atomic mass is 9.97. The third-order valence-corrected chi connectivity index (χ3v) is 3.91. The van der Waals surface area contributed by atoms with Gasteiger partial charge in [0.2, 0.25) is 0 Å². The van der Waals surface area contributed by atoms with Gasteiger partial charge >= 0.3 is 0 Å². The van der Waals surface area contributed by atoms with Gasteiger partial charge in [-0.3, -0.25) is 0 Å². The summed E-state index contributed by atoms with van der Waals surface area (Å²) in [5.41, 5.74) is 0. The summed E-state index contributed by atoms with van der Waals surface area (Å²) in [5.74, 6) is 0. The van der Waals surface area contributed by atoms with Crippen molar-refractivity contribution in [2.24, 2.45) is 0 Å². The Morgan fingerprint density at radius 1 is 1.29 bits per heavy atom. The van der Waals surface area contributed by atoms with Crippen molar-refractivity contribution in [2.45, 2.75) is 42.1 Å². The Bertz CT molecular complexity index is 278. The van der Waals surface area contributed by atoms with Crippen LogP contribution in [0.1, 0.15) is 25.7 Å². The van der Waals surface area contributed by atoms with Gasteiger partial charge in [-0.2, -0.15) is 0 Å². The fourth-order valence-corrected chi connectivity index (χ4v) is 2.95. The van der Waals surface area contributed by atoms with E-state index in [4.69, 9.17) is 0 Å². The van der Waals surface area contributed by atoms with Crippen molar-refractivity contribution in [2.75, 3.05) is 0 Å². The van der Waals surface area contributed by atoms with Crippen molar-refractivity contribution in [1.29, 1.82) is 0 Å². The highest BCUT2D eigenvalue weighted by Gasteiger charge is 2.23. The second-order valence-corrected chi connectivity index (χ2v) is 4.94. The Hall–Kier alpha value is -0.540. The Labute approximate surface area is 88.8 Å². The normalized spacial score (nSPS) is 27.5. The second kappa shape index (κ2) is 4.80. The summed E-state index contributed by atoms with van der Waals surface area (Å²) in [6, 6.07) is 5.91. The fourth-order valence-electron chi connectivity index (χ4n) is 1.79. The molecular formula is C11H15NOS. The predicted octanol–water partition coefficient (Wildman–Crippen LogP) is 2.48. The van der Waals surface area contributed by atoms with Crippen LogP contribution in [0.3, 0.4) is 0 Å². The van der Waals surface area contributed by atoms with Gasteiger partial charge in [-0.1, -0.05) is 18.9 Å². The van der Waals surface area contributed by atoms with Gasteiger partial charge in [0.25, 0.3) is 0 Å². The smallest absolute Gasteiger partial charge is 0.0963 e. The molecular weight excluding hydrogens is 194 g/mol. The van der Waals surface area contributed by atoms with Gasteiger partial charge < -0.3 is 5.11 Å². The van der Waals surface area contributed by atoms with E-state index in [1.165, 1.54) is 12.8 Å². The number of nitrogens with zero attached hydrogens (tertiary/aromatic N) is 1. The maximum absolute atomic E-state index is 9.78. The molecule has 0 bridgehead atoms. The van der Waals surface area contributed by atoms with E-state index < -0.39 is 0 Å². The molecule has 0 amide bonds. The molecule has 1 N–H and O–H groups in total. The standard InChI is InChI=1S/C11H15NOS/c13-9-5-1-2-6-10(9)14-11-7-3-4-8-12-11/h3-4,7-10,13H,1-2,5-6H2/t9-,10-/m1/s1. The van der Waals surface area contributed by atoms with Crippen molar-refractivity contribution < 1.29 is 5.11 Å². The van der Waals surface area contributed by atoms with E-state index >= 15 is 0 Å². The number of aliphatic hydroxyl groups excluding tert-OH is 1. The van der Waals surface area contributed by atoms with Crippen molar-refractivity contribution in [1.82, 2.24) is 4.98 Å². The topological polar surface area (TPSA) is 33.1 Å². The number of aliphatic hydroxyl groups is 1. The van der Waals surface area contributed by atoms with Crippen LogP contribution in [0.25, 0.3) is 0 Å². The third kappa shape index (κ3) is 2.49. The molecule has 0 unspecified atom stereocenters. The quantitative estimate of drug-likeness (QED) is 0.812. The fraction of sp³-hybridized carbons (Fsp3) is 0.545. The first-order valence-electron chi connectivity index (χ1n) is 5.12. The minimum Gasteiger partial charge on any atom is -0.392 e. The molecule has 2 nitrogen and oxygen atoms in total. The lowest BCUT2D eigenvalue weighted by molar-refractivity contribution is 0.137. The Morgan fingerprint density at radius 2 is 2.14 bits per heavy atom. The number of thioether (sulfide) groups is 1. The zero-order valence-electron chi connectivity index (χ0n) is 8.10. The number of rotatable bonds is 2. The molecule has 1 aliphatic rings. The Kier molecular flexibility index (Phi) is 3.43. The molecule has 1 aromatic heterocycles. The van der Waals surface area contributed by atoms with E-state index in [9.17, 15) is 5.11 Å². The summed E-state index contributed by atoms with van der Waals surface area (Å²) in [7, 11) is 0. The van der Waals surface area contributed by atoms with E-state index in [2.05, 4.69) is 4.98 Å². The largest absolute Gasteiger partial charge is 0.392 e. The lowest BCUT2D eigenvalue weighted by Crippen LogP contribution is -2.26. The highest BCUT2D eigenvalue weighted by molar-refractivity contribution is 7.99. The first-order chi connectivity index (χ1) is 6.86. The van der Waals surface area contributed by atoms with Crippen molar-refractivity contribution in [3.8, 4) is 0 Å². The highest BCUT2D eigenvalue weighted by atomic mass is 32.2. The molecule has 0 spiro atoms. The van der Waals surface area contributed by atoms with Crippen LogP contribution >= 0.6 is 11.8 Å². The maximum Gasteiger partial charge on any atom is 0.0963 e. The summed E-state index contributed by atoms with van der Waals surface area (Å²) in [5, 5.41) is 11.2. The zero-order valence-corrected chi connectivity index (χ0v) is 8.91. The molecule has 0 aromatic carbocycles. The minimum atomic E-state index is -0.143. The molecule has 1 fully saturated rings. The number of hydrogen-bond acceptors (Lipinski definition) is 3. The van der Waals surface area contributed by atoms with E-state index in [1.54, 1.807) is 18.0 Å². The Morgan fingerprint density at radius 3 is 2.86 bits per heavy atom. The van der Waals surface area contributed by atoms with Gasteiger partial charge in [0, 0.05) is 11.4 Å². The predicted molar refractivity (Wildman–Crippen MR) is 58.4 cm³/mol. The molecule has 0 radical (unpaired) electrons. The SMILES string of the molecule is O[C@@H]1CCCC[C@H]1Sc1ccccn1. The van der Waals surface area contributed by atoms with E-state index in [1.807, 2.05) is 18.2 Å². The molecule has 14 heavy (non-hydrogen) atoms. The van der Waals surface area contributed by atoms with E-state index in [0.717, 1.165) is 17.9 Å². The number of pyridine rings is 1. The number of aromatic nitrogens is 1. The van der Waals surface area contributed by atoms with Gasteiger partial charge in [0.15, 0.2) is 0 Å². The summed E-state index contributed by atoms with van der Waals surface area (Å²) in [6.45, 7) is 0. The zero-order chi connectivity index (χ0) is 9.80. The van der Waals surface area contributed by atoms with Crippen LogP contribution < -0.4 is 0 Å². The molecule has 2 rings (SSSR count). The van der Waals surface area contributed by atoms with E-state index in [0.29, 0.717) is 5.25 Å². The van der Waals surface area contributed by atoms with Gasteiger partial charge in [-0.15, -0.1) is 11.8 Å². The van der Waals surface area contributed by atoms with Crippen molar-refractivity contribution in [3.05, 3.63) is 24.4 Å². The van der Waals surface area contributed by atoms with Gasteiger partial charge in [-0.25, -0.2) is 4.98 Å². The van der Waals surface area contributed by atoms with Crippen LogP contribution in [0.5, 0.6) is 0 Å². The van der Waals surface area contributed by atoms with Crippen LogP contribution in [-0.4, -0.2) is 21.4 Å². The first kappa shape index (κ1) is 9.99. The first-order valence-corrected chi connectivity index (χ1v) is 6.00. The average molecular weight is 209 g/mol. The summed E-state index contributed by atoms with van der Waals surface area (Å²) in [6.07, 6.45) is 6.13. The van der Waals surface area contributed by atoms with Crippen LogP contribution in [0.2, 0.25) is 0 Å². The monoisotopic (exact) mass is 209 g/mol. The van der Waals surface area contributed by atoms with Gasteiger partial charge in [0.05, 0.1) is 11.1 Å². The number of hydrogen-bond donors (Lipinski definition) is 1. The van der Waals surface area contributed by atoms with Gasteiger partial charge in [0.1, 0.15) is 0 Å². The molecule has 1 aromatic rings. The minimum absolute atomic E-state index is 0.143. The van der Waals surface area contributed by atoms with E-state index in [-0.39, 0.29) is 6.10 Å². The Balaban J connectivity index is 1.96. The molecule has 1 heterocycles. The summed E-state index contributed by atoms with van der Waals surface area (Å²) in [4.78, 5) is 4.26. The summed E-state index contributed by atoms with van der Waals surface area (Å²) < 4.78 is 0. The van der Waals surface area contributed by atoms with Gasteiger partial charge in [-0.05, 0) is 25.0 Å². The average Bonchev–Trinajstić information content (AvgIpc) is 2.23. The molecule has 1 aliphatic carbocycles. The van der Waals surface area contributed by atoms with Crippen LogP contribution in [0.4, 0.5) is 0 Å². The van der Waals surface area contributed by atoms with Crippen molar-refractivity contribution in [3.63, 3.8) is 0 Å². The van der Waals surface area contributed by atoms with Crippen LogP contribution in [0, 0.1) is 0 Å². The second-order valence-electron chi connectivity index (χ2n) is 3.68. The third-order valence-electron chi connectivity index (χ3n) is 2.58. The molecule has 76 valence electrons. The van der Waals surface area contributed by atoms with Crippen molar-refractivity contribution >= 4 is 11.8 Å². The molecule has 3 heteroatoms. The molecule has 0 aliphatic heterocycles. The lowest BCUT2D eigenvalue weighted by Gasteiger charge is -2.26. The molecule has 1 saturated carbocycles. The highest BCUT2D eigenvalue weighted by Crippen LogP contribution is 2.32. The molecule has 2 atom stereocenters. The molecule has 0 saturated heterocycles. The van der Waals surface area contributed by atoms with Crippen LogP contribution in [0.15, 0.2) is 29.4 Å². The summed E-state index contributed by atoms with van der Waals surface area (Å²) >= 11 is 1.71. The van der Waals surface area contributed by atoms with Crippen LogP contribution in [-0.2, 0) is 0 Å².